The van der Waals surface area contributed by atoms with Crippen LogP contribution in [0.2, 0.25) is 0 Å². The molecule has 0 saturated carbocycles. The molecule has 9 rings (SSSR count). The number of rotatable bonds is 7. The first-order valence-corrected chi connectivity index (χ1v) is 18.5. The van der Waals surface area contributed by atoms with Gasteiger partial charge in [0.05, 0.1) is 22.4 Å². The van der Waals surface area contributed by atoms with E-state index in [9.17, 15) is 0 Å². The van der Waals surface area contributed by atoms with Gasteiger partial charge in [-0.1, -0.05) is 24.3 Å². The maximum atomic E-state index is 6.70. The number of pyridine rings is 3. The summed E-state index contributed by atoms with van der Waals surface area (Å²) in [5, 5.41) is 7.74. The smallest absolute Gasteiger partial charge is 0.137 e. The molecular formula is C48H40N6O. The van der Waals surface area contributed by atoms with Gasteiger partial charge in [0.25, 0.3) is 0 Å². The Morgan fingerprint density at radius 3 is 1.89 bits per heavy atom. The molecule has 5 aromatic heterocycles. The number of nitrogens with zero attached hydrogens (tertiary/aromatic N) is 6. The van der Waals surface area contributed by atoms with Crippen molar-refractivity contribution in [3.05, 3.63) is 167 Å². The van der Waals surface area contributed by atoms with Gasteiger partial charge in [-0.25, -0.2) is 9.67 Å². The number of para-hydroxylation sites is 1. The van der Waals surface area contributed by atoms with Crippen molar-refractivity contribution in [3.63, 3.8) is 0 Å². The number of hydrogen-bond donors (Lipinski definition) is 0. The van der Waals surface area contributed by atoms with Gasteiger partial charge in [-0.15, -0.1) is 0 Å². The molecule has 55 heavy (non-hydrogen) atoms. The van der Waals surface area contributed by atoms with Crippen LogP contribution in [0.15, 0.2) is 134 Å². The summed E-state index contributed by atoms with van der Waals surface area (Å²) >= 11 is 0. The van der Waals surface area contributed by atoms with Crippen molar-refractivity contribution in [2.75, 3.05) is 0 Å². The Kier molecular flexibility index (Phi) is 8.35. The van der Waals surface area contributed by atoms with Crippen LogP contribution in [0.25, 0.3) is 67.0 Å². The Morgan fingerprint density at radius 2 is 1.16 bits per heavy atom. The van der Waals surface area contributed by atoms with Crippen molar-refractivity contribution >= 4 is 21.8 Å². The molecule has 0 aliphatic carbocycles. The predicted molar refractivity (Wildman–Crippen MR) is 223 cm³/mol. The summed E-state index contributed by atoms with van der Waals surface area (Å²) in [7, 11) is 0. The van der Waals surface area contributed by atoms with E-state index in [4.69, 9.17) is 14.8 Å². The van der Waals surface area contributed by atoms with Crippen LogP contribution in [0.3, 0.4) is 0 Å². The lowest BCUT2D eigenvalue weighted by molar-refractivity contribution is 0.483. The summed E-state index contributed by atoms with van der Waals surface area (Å²) in [6.45, 7) is 13.2. The van der Waals surface area contributed by atoms with Gasteiger partial charge in [0.15, 0.2) is 0 Å². The van der Waals surface area contributed by atoms with Crippen LogP contribution >= 0.6 is 0 Å². The van der Waals surface area contributed by atoms with Crippen LogP contribution in [0.1, 0.15) is 33.4 Å². The van der Waals surface area contributed by atoms with Gasteiger partial charge in [-0.2, -0.15) is 5.10 Å². The fourth-order valence-corrected chi connectivity index (χ4v) is 7.92. The van der Waals surface area contributed by atoms with E-state index in [0.717, 1.165) is 67.3 Å². The lowest BCUT2D eigenvalue weighted by Gasteiger charge is -2.20. The molecule has 0 spiro atoms. The molecule has 0 aliphatic heterocycles. The highest BCUT2D eigenvalue weighted by molar-refractivity contribution is 6.09. The molecule has 0 amide bonds. The van der Waals surface area contributed by atoms with E-state index >= 15 is 0 Å². The molecule has 0 aliphatic rings. The van der Waals surface area contributed by atoms with Crippen LogP contribution in [0.4, 0.5) is 0 Å². The zero-order valence-corrected chi connectivity index (χ0v) is 31.8. The molecule has 0 radical (unpaired) electrons. The fraction of sp³-hybridized carbons (Fsp3) is 0.125. The van der Waals surface area contributed by atoms with Gasteiger partial charge in [0.2, 0.25) is 0 Å². The van der Waals surface area contributed by atoms with Gasteiger partial charge in [-0.05, 0) is 147 Å². The molecule has 5 heterocycles. The van der Waals surface area contributed by atoms with E-state index in [1.54, 1.807) is 0 Å². The number of aryl methyl sites for hydroxylation is 1. The molecule has 0 bridgehead atoms. The minimum atomic E-state index is 0.700. The third-order valence-corrected chi connectivity index (χ3v) is 11.1. The van der Waals surface area contributed by atoms with E-state index in [1.807, 2.05) is 67.4 Å². The third-order valence-electron chi connectivity index (χ3n) is 11.1. The summed E-state index contributed by atoms with van der Waals surface area (Å²) in [5.74, 6) is 2.30. The van der Waals surface area contributed by atoms with Crippen LogP contribution in [-0.2, 0) is 0 Å². The highest BCUT2D eigenvalue weighted by atomic mass is 16.5. The highest BCUT2D eigenvalue weighted by Gasteiger charge is 2.27. The first-order chi connectivity index (χ1) is 26.8. The van der Waals surface area contributed by atoms with Gasteiger partial charge in [0, 0.05) is 70.6 Å². The van der Waals surface area contributed by atoms with Crippen molar-refractivity contribution < 1.29 is 4.74 Å². The van der Waals surface area contributed by atoms with Crippen LogP contribution < -0.4 is 4.74 Å². The first kappa shape index (κ1) is 33.9. The van der Waals surface area contributed by atoms with Gasteiger partial charge >= 0.3 is 0 Å². The predicted octanol–water partition coefficient (Wildman–Crippen LogP) is 11.8. The third kappa shape index (κ3) is 5.76. The normalized spacial score (nSPS) is 11.5. The van der Waals surface area contributed by atoms with E-state index in [2.05, 4.69) is 127 Å². The molecule has 7 nitrogen and oxygen atoms in total. The number of benzene rings is 4. The molecule has 0 unspecified atom stereocenters. The maximum Gasteiger partial charge on any atom is 0.137 e. The van der Waals surface area contributed by atoms with Crippen LogP contribution in [0.5, 0.6) is 11.5 Å². The van der Waals surface area contributed by atoms with E-state index in [1.165, 1.54) is 38.8 Å². The van der Waals surface area contributed by atoms with Crippen molar-refractivity contribution in [1.29, 1.82) is 0 Å². The average molecular weight is 717 g/mol. The number of fused-ring (bicyclic) bond motifs is 3. The molecule has 0 saturated heterocycles. The number of aromatic nitrogens is 6. The number of ether oxygens (including phenoxy) is 1. The maximum absolute atomic E-state index is 6.70. The minimum absolute atomic E-state index is 0.700. The van der Waals surface area contributed by atoms with Crippen LogP contribution in [-0.4, -0.2) is 29.3 Å². The molecule has 0 N–H and O–H groups in total. The van der Waals surface area contributed by atoms with Crippen molar-refractivity contribution in [1.82, 2.24) is 29.3 Å². The quantitative estimate of drug-likeness (QED) is 0.164. The van der Waals surface area contributed by atoms with E-state index in [0.29, 0.717) is 5.75 Å². The summed E-state index contributed by atoms with van der Waals surface area (Å²) in [4.78, 5) is 13.5. The van der Waals surface area contributed by atoms with Crippen LogP contribution in [0, 0.1) is 41.5 Å². The molecule has 0 fully saturated rings. The lowest BCUT2D eigenvalue weighted by Crippen LogP contribution is -2.02. The van der Waals surface area contributed by atoms with Crippen molar-refractivity contribution in [2.24, 2.45) is 0 Å². The Balaban J connectivity index is 1.23. The van der Waals surface area contributed by atoms with Crippen molar-refractivity contribution in [3.8, 4) is 56.6 Å². The van der Waals surface area contributed by atoms with E-state index in [-0.39, 0.29) is 0 Å². The van der Waals surface area contributed by atoms with Gasteiger partial charge in [0.1, 0.15) is 23.0 Å². The Bertz CT molecular complexity index is 2880. The second kappa shape index (κ2) is 13.5. The average Bonchev–Trinajstić information content (AvgIpc) is 3.77. The highest BCUT2D eigenvalue weighted by Crippen LogP contribution is 2.46. The number of hydrogen-bond acceptors (Lipinski definition) is 5. The summed E-state index contributed by atoms with van der Waals surface area (Å²) < 4.78 is 11.0. The molecule has 0 atom stereocenters. The molecule has 4 aromatic carbocycles. The van der Waals surface area contributed by atoms with E-state index < -0.39 is 0 Å². The monoisotopic (exact) mass is 716 g/mol. The Hall–Kier alpha value is -6.86. The lowest BCUT2D eigenvalue weighted by atomic mass is 9.84. The fourth-order valence-electron chi connectivity index (χ4n) is 7.92. The Labute approximate surface area is 320 Å². The zero-order valence-electron chi connectivity index (χ0n) is 31.8. The second-order valence-electron chi connectivity index (χ2n) is 14.3. The summed E-state index contributed by atoms with van der Waals surface area (Å²) in [6.07, 6.45) is 9.21. The Morgan fingerprint density at radius 1 is 0.509 bits per heavy atom. The second-order valence-corrected chi connectivity index (χ2v) is 14.3. The molecule has 7 heteroatoms. The largest absolute Gasteiger partial charge is 0.457 e. The van der Waals surface area contributed by atoms with Gasteiger partial charge < -0.3 is 4.74 Å². The summed E-state index contributed by atoms with van der Waals surface area (Å²) in [5.41, 5.74) is 16.7. The standard InChI is InChI=1S/C48H40N6O/c1-29-16-25-51-44(26-29)53-42-13-8-7-12-40(42)41-15-14-39(28-43(41)53)55-38-11-9-10-37(27-38)54-48(36-19-23-50-24-20-36)46(47(52-54)35-17-21-49-22-18-35)45-33(5)31(3)30(2)32(4)34(45)6/h7-28H,1-6H3. The first-order valence-electron chi connectivity index (χ1n) is 18.5. The topological polar surface area (TPSA) is 70.7 Å². The molecule has 268 valence electrons. The SMILES string of the molecule is Cc1ccnc(-n2c3ccccc3c3ccc(Oc4cccc(-n5nc(-c6ccncc6)c(-c6c(C)c(C)c(C)c(C)c6C)c5-c5ccncc5)c4)cc32)c1. The minimum Gasteiger partial charge on any atom is -0.457 e. The van der Waals surface area contributed by atoms with Gasteiger partial charge in [-0.3, -0.25) is 14.5 Å². The summed E-state index contributed by atoms with van der Waals surface area (Å²) in [6, 6.07) is 35.2. The molecular weight excluding hydrogens is 677 g/mol. The van der Waals surface area contributed by atoms with Crippen molar-refractivity contribution in [2.45, 2.75) is 41.5 Å². The zero-order chi connectivity index (χ0) is 37.8. The molecule has 9 aromatic rings.